The van der Waals surface area contributed by atoms with E-state index < -0.39 is 5.69 Å². The van der Waals surface area contributed by atoms with E-state index in [1.807, 2.05) is 6.92 Å². The van der Waals surface area contributed by atoms with Gasteiger partial charge in [-0.15, -0.1) is 0 Å². The second-order valence-electron chi connectivity index (χ2n) is 4.85. The number of nitrogens with one attached hydrogen (secondary N) is 1. The highest BCUT2D eigenvalue weighted by Crippen LogP contribution is 2.33. The van der Waals surface area contributed by atoms with Crippen molar-refractivity contribution in [3.8, 4) is 0 Å². The van der Waals surface area contributed by atoms with Crippen molar-refractivity contribution in [3.63, 3.8) is 0 Å². The fourth-order valence-corrected chi connectivity index (χ4v) is 2.58. The Bertz CT molecular complexity index is 537. The van der Waals surface area contributed by atoms with E-state index in [9.17, 15) is 9.59 Å². The lowest BCUT2D eigenvalue weighted by Gasteiger charge is -2.25. The molecule has 17 heavy (non-hydrogen) atoms. The molecule has 1 saturated carbocycles. The molecular weight excluding hydrogens is 220 g/mol. The Balaban J connectivity index is 2.67. The van der Waals surface area contributed by atoms with E-state index >= 15 is 0 Å². The minimum Gasteiger partial charge on any atom is -0.358 e. The fourth-order valence-electron chi connectivity index (χ4n) is 2.58. The van der Waals surface area contributed by atoms with Gasteiger partial charge in [-0.25, -0.2) is 14.2 Å². The van der Waals surface area contributed by atoms with Gasteiger partial charge in [-0.2, -0.15) is 4.98 Å². The average molecular weight is 238 g/mol. The molecule has 1 heterocycles. The van der Waals surface area contributed by atoms with Gasteiger partial charge in [0.1, 0.15) is 0 Å². The van der Waals surface area contributed by atoms with Crippen molar-refractivity contribution in [1.29, 1.82) is 0 Å². The predicted molar refractivity (Wildman–Crippen MR) is 65.4 cm³/mol. The van der Waals surface area contributed by atoms with E-state index in [1.165, 1.54) is 9.13 Å². The maximum atomic E-state index is 12.2. The standard InChI is InChI=1S/C11H18N4O2/c1-11(6-4-5-7-11)15-9(16)13-8(12-2)14(3)10(15)17/h4-7H2,1-3H3,(H,12,13,16). The van der Waals surface area contributed by atoms with E-state index in [2.05, 4.69) is 10.3 Å². The van der Waals surface area contributed by atoms with Crippen LogP contribution in [0.5, 0.6) is 0 Å². The van der Waals surface area contributed by atoms with E-state index in [0.717, 1.165) is 25.7 Å². The lowest BCUT2D eigenvalue weighted by molar-refractivity contribution is 0.293. The van der Waals surface area contributed by atoms with Crippen molar-refractivity contribution in [2.45, 2.75) is 38.1 Å². The van der Waals surface area contributed by atoms with Crippen molar-refractivity contribution in [2.75, 3.05) is 12.4 Å². The van der Waals surface area contributed by atoms with E-state index in [1.54, 1.807) is 14.1 Å². The highest BCUT2D eigenvalue weighted by molar-refractivity contribution is 5.21. The van der Waals surface area contributed by atoms with Crippen molar-refractivity contribution < 1.29 is 0 Å². The molecule has 0 saturated heterocycles. The first-order valence-electron chi connectivity index (χ1n) is 5.88. The van der Waals surface area contributed by atoms with Crippen molar-refractivity contribution >= 4 is 5.95 Å². The molecular formula is C11H18N4O2. The maximum absolute atomic E-state index is 12.2. The Labute approximate surface area is 99.3 Å². The monoisotopic (exact) mass is 238 g/mol. The Morgan fingerprint density at radius 1 is 1.29 bits per heavy atom. The molecule has 1 aliphatic rings. The summed E-state index contributed by atoms with van der Waals surface area (Å²) in [6, 6.07) is 0. The molecule has 1 N–H and O–H groups in total. The van der Waals surface area contributed by atoms with Gasteiger partial charge < -0.3 is 5.32 Å². The van der Waals surface area contributed by atoms with Crippen molar-refractivity contribution in [1.82, 2.24) is 14.1 Å². The van der Waals surface area contributed by atoms with Gasteiger partial charge in [0.15, 0.2) is 0 Å². The summed E-state index contributed by atoms with van der Waals surface area (Å²) in [4.78, 5) is 28.1. The predicted octanol–water partition coefficient (Wildman–Crippen LogP) is 0.273. The molecule has 0 unspecified atom stereocenters. The van der Waals surface area contributed by atoms with Crippen LogP contribution in [-0.2, 0) is 12.6 Å². The van der Waals surface area contributed by atoms with Gasteiger partial charge in [0.2, 0.25) is 5.95 Å². The largest absolute Gasteiger partial charge is 0.358 e. The third kappa shape index (κ3) is 1.77. The number of anilines is 1. The van der Waals surface area contributed by atoms with Crippen LogP contribution < -0.4 is 16.7 Å². The lowest BCUT2D eigenvalue weighted by atomic mass is 10.0. The van der Waals surface area contributed by atoms with E-state index in [-0.39, 0.29) is 11.2 Å². The topological polar surface area (TPSA) is 68.9 Å². The molecule has 1 aromatic heterocycles. The molecule has 6 nitrogen and oxygen atoms in total. The summed E-state index contributed by atoms with van der Waals surface area (Å²) in [6.45, 7) is 1.96. The van der Waals surface area contributed by atoms with Crippen LogP contribution in [0.3, 0.4) is 0 Å². The van der Waals surface area contributed by atoms with Crippen LogP contribution in [0.25, 0.3) is 0 Å². The third-order valence-corrected chi connectivity index (χ3v) is 3.63. The summed E-state index contributed by atoms with van der Waals surface area (Å²) < 4.78 is 2.69. The number of rotatable bonds is 2. The van der Waals surface area contributed by atoms with Crippen LogP contribution >= 0.6 is 0 Å². The van der Waals surface area contributed by atoms with Crippen molar-refractivity contribution in [2.24, 2.45) is 7.05 Å². The SMILES string of the molecule is CNc1nc(=O)n(C2(C)CCCC2)c(=O)n1C. The summed E-state index contributed by atoms with van der Waals surface area (Å²) in [5, 5.41) is 2.75. The molecule has 1 fully saturated rings. The number of hydrogen-bond donors (Lipinski definition) is 1. The van der Waals surface area contributed by atoms with Gasteiger partial charge in [-0.3, -0.25) is 4.57 Å². The number of aromatic nitrogens is 3. The molecule has 0 atom stereocenters. The number of nitrogens with zero attached hydrogens (tertiary/aromatic N) is 3. The molecule has 0 bridgehead atoms. The van der Waals surface area contributed by atoms with Crippen molar-refractivity contribution in [3.05, 3.63) is 21.0 Å². The molecule has 0 radical (unpaired) electrons. The zero-order valence-corrected chi connectivity index (χ0v) is 10.5. The van der Waals surface area contributed by atoms with E-state index in [0.29, 0.717) is 5.95 Å². The zero-order valence-electron chi connectivity index (χ0n) is 10.5. The molecule has 0 aliphatic heterocycles. The molecule has 0 spiro atoms. The summed E-state index contributed by atoms with van der Waals surface area (Å²) in [5.74, 6) is 0.304. The lowest BCUT2D eigenvalue weighted by Crippen LogP contribution is -2.50. The highest BCUT2D eigenvalue weighted by Gasteiger charge is 2.34. The van der Waals surface area contributed by atoms with Crippen LogP contribution in [0.15, 0.2) is 9.59 Å². The second kappa shape index (κ2) is 4.01. The van der Waals surface area contributed by atoms with Crippen LogP contribution in [0.2, 0.25) is 0 Å². The Kier molecular flexibility index (Phi) is 2.81. The Morgan fingerprint density at radius 3 is 2.41 bits per heavy atom. The van der Waals surface area contributed by atoms with Gasteiger partial charge in [0.05, 0.1) is 5.54 Å². The van der Waals surface area contributed by atoms with Crippen LogP contribution in [0, 0.1) is 0 Å². The second-order valence-corrected chi connectivity index (χ2v) is 4.85. The summed E-state index contributed by atoms with van der Waals surface area (Å²) in [7, 11) is 3.26. The summed E-state index contributed by atoms with van der Waals surface area (Å²) in [5.41, 5.74) is -1.12. The van der Waals surface area contributed by atoms with Gasteiger partial charge in [-0.05, 0) is 19.8 Å². The summed E-state index contributed by atoms with van der Waals surface area (Å²) >= 11 is 0. The van der Waals surface area contributed by atoms with Gasteiger partial charge >= 0.3 is 11.4 Å². The highest BCUT2D eigenvalue weighted by atomic mass is 16.2. The molecule has 94 valence electrons. The van der Waals surface area contributed by atoms with Crippen LogP contribution in [-0.4, -0.2) is 21.2 Å². The Hall–Kier alpha value is -1.59. The summed E-state index contributed by atoms with van der Waals surface area (Å²) in [6.07, 6.45) is 3.84. The molecule has 6 heteroatoms. The maximum Gasteiger partial charge on any atom is 0.355 e. The molecule has 0 amide bonds. The average Bonchev–Trinajstić information content (AvgIpc) is 2.71. The minimum absolute atomic E-state index is 0.293. The van der Waals surface area contributed by atoms with Gasteiger partial charge in [-0.1, -0.05) is 12.8 Å². The zero-order chi connectivity index (χ0) is 12.6. The van der Waals surface area contributed by atoms with Crippen LogP contribution in [0.4, 0.5) is 5.95 Å². The van der Waals surface area contributed by atoms with Gasteiger partial charge in [0, 0.05) is 14.1 Å². The fraction of sp³-hybridized carbons (Fsp3) is 0.727. The molecule has 1 aliphatic carbocycles. The molecule has 2 rings (SSSR count). The number of hydrogen-bond acceptors (Lipinski definition) is 4. The van der Waals surface area contributed by atoms with Gasteiger partial charge in [0.25, 0.3) is 0 Å². The molecule has 1 aromatic rings. The molecule has 0 aromatic carbocycles. The first-order valence-corrected chi connectivity index (χ1v) is 5.88. The van der Waals surface area contributed by atoms with E-state index in [4.69, 9.17) is 0 Å². The first kappa shape index (κ1) is 11.9. The normalized spacial score (nSPS) is 18.3. The Morgan fingerprint density at radius 2 is 1.88 bits per heavy atom. The van der Waals surface area contributed by atoms with Crippen LogP contribution in [0.1, 0.15) is 32.6 Å². The first-order chi connectivity index (χ1) is 7.99. The quantitative estimate of drug-likeness (QED) is 0.803. The smallest absolute Gasteiger partial charge is 0.355 e. The third-order valence-electron chi connectivity index (χ3n) is 3.63. The minimum atomic E-state index is -0.457.